The molecule has 6 heavy (non-hydrogen) atoms. The Labute approximate surface area is 80.7 Å². The normalized spacial score (nSPS) is 9.67. The summed E-state index contributed by atoms with van der Waals surface area (Å²) in [4.78, 5) is 0. The number of rotatable bonds is 0. The van der Waals surface area contributed by atoms with Crippen LogP contribution in [0.3, 0.4) is 0 Å². The molecule has 6 heteroatoms. The Hall–Kier alpha value is 1.68. The molecule has 34 valence electrons. The van der Waals surface area contributed by atoms with Crippen molar-refractivity contribution in [1.29, 1.82) is 0 Å². The maximum Gasteiger partial charge on any atom is 1.00 e. The molecule has 0 saturated heterocycles. The van der Waals surface area contributed by atoms with E-state index < -0.39 is 13.4 Å². The summed E-state index contributed by atoms with van der Waals surface area (Å²) in [6, 6.07) is 0. The summed E-state index contributed by atoms with van der Waals surface area (Å²) < 4.78 is 31.9. The van der Waals surface area contributed by atoms with Crippen LogP contribution in [0.25, 0.3) is 0 Å². The van der Waals surface area contributed by atoms with Crippen LogP contribution in [0.5, 0.6) is 0 Å². The Balaban J connectivity index is -0.0000000800. The van der Waals surface area contributed by atoms with Crippen LogP contribution < -0.4 is 51.4 Å². The van der Waals surface area contributed by atoms with E-state index in [2.05, 4.69) is 0 Å². The van der Waals surface area contributed by atoms with Crippen LogP contribution in [0.1, 0.15) is 1.43 Å². The fourth-order valence-corrected chi connectivity index (χ4v) is 0. The van der Waals surface area contributed by atoms with Crippen LogP contribution in [0.4, 0.5) is 0 Å². The molecule has 0 amide bonds. The van der Waals surface area contributed by atoms with E-state index in [-0.39, 0.29) is 52.8 Å². The van der Waals surface area contributed by atoms with E-state index in [4.69, 9.17) is 16.0 Å². The Bertz CT molecular complexity index is 94.9. The Kier molecular flexibility index (Phi) is 6.46. The molecule has 0 aliphatic heterocycles. The molecule has 0 aromatic carbocycles. The first kappa shape index (κ1) is 10.6. The van der Waals surface area contributed by atoms with Crippen molar-refractivity contribution in [3.05, 3.63) is 0 Å². The fraction of sp³-hybridized carbons (Fsp3) is 0. The van der Waals surface area contributed by atoms with Crippen molar-refractivity contribution in [2.45, 2.75) is 0 Å². The Morgan fingerprint density at radius 1 is 1.33 bits per heavy atom. The standard InChI is InChI=1S/K.H2O4Se.H/c;1-5(2,3)4;/h;(H2,1,2,3,4);/q+1;;-1. The van der Waals surface area contributed by atoms with E-state index in [0.29, 0.717) is 0 Å². The van der Waals surface area contributed by atoms with Crippen molar-refractivity contribution in [3.8, 4) is 0 Å². The molecular formula is H3KO4Se. The molecule has 0 heterocycles. The van der Waals surface area contributed by atoms with Crippen LogP contribution in [0, 0.1) is 0 Å². The maximum atomic E-state index is 8.82. The first-order valence-electron chi connectivity index (χ1n) is 0.698. The summed E-state index contributed by atoms with van der Waals surface area (Å²) in [5, 5.41) is 0. The molecule has 0 spiro atoms. The summed E-state index contributed by atoms with van der Waals surface area (Å²) in [6.07, 6.45) is 0. The van der Waals surface area contributed by atoms with Crippen molar-refractivity contribution in [1.82, 2.24) is 0 Å². The van der Waals surface area contributed by atoms with Crippen LogP contribution >= 0.6 is 0 Å². The Morgan fingerprint density at radius 3 is 1.33 bits per heavy atom. The van der Waals surface area contributed by atoms with Gasteiger partial charge in [0.1, 0.15) is 0 Å². The average molecular weight is 185 g/mol. The Morgan fingerprint density at radius 2 is 1.33 bits per heavy atom. The minimum atomic E-state index is -5.25. The van der Waals surface area contributed by atoms with Crippen molar-refractivity contribution < 1.29 is 68.9 Å². The molecule has 0 fully saturated rings. The molecule has 0 radical (unpaired) electrons. The van der Waals surface area contributed by atoms with Crippen LogP contribution in [-0.2, 0) is 7.67 Å². The molecule has 0 atom stereocenters. The third kappa shape index (κ3) is 44.2. The second kappa shape index (κ2) is 3.65. The molecule has 0 aromatic heterocycles. The summed E-state index contributed by atoms with van der Waals surface area (Å²) in [5.41, 5.74) is 0. The monoisotopic (exact) mass is 186 g/mol. The molecule has 0 aliphatic rings. The molecular weight excluding hydrogens is 182 g/mol. The first-order valence-corrected chi connectivity index (χ1v) is 3.63. The van der Waals surface area contributed by atoms with E-state index in [0.717, 1.165) is 0 Å². The van der Waals surface area contributed by atoms with Gasteiger partial charge in [0.15, 0.2) is 0 Å². The van der Waals surface area contributed by atoms with Crippen molar-refractivity contribution in [2.24, 2.45) is 0 Å². The zero-order valence-electron chi connectivity index (χ0n) is 4.12. The second-order valence-electron chi connectivity index (χ2n) is 0.448. The van der Waals surface area contributed by atoms with Crippen LogP contribution in [0.2, 0.25) is 0 Å². The average Bonchev–Trinajstić information content (AvgIpc) is 0.722. The van der Waals surface area contributed by atoms with Crippen LogP contribution in [0.15, 0.2) is 0 Å². The van der Waals surface area contributed by atoms with Gasteiger partial charge in [-0.2, -0.15) is 0 Å². The smallest absolute Gasteiger partial charge is 1.00 e. The van der Waals surface area contributed by atoms with E-state index in [1.165, 1.54) is 0 Å². The molecule has 0 rings (SSSR count). The van der Waals surface area contributed by atoms with Gasteiger partial charge in [-0.1, -0.05) is 0 Å². The SMILES string of the molecule is O=[Se](=O)(O)O.[H-].[K+]. The minimum Gasteiger partial charge on any atom is -1.00 e. The van der Waals surface area contributed by atoms with Gasteiger partial charge in [-0.05, 0) is 0 Å². The summed E-state index contributed by atoms with van der Waals surface area (Å²) in [5.74, 6) is 0. The fourth-order valence-electron chi connectivity index (χ4n) is 0. The van der Waals surface area contributed by atoms with Crippen molar-refractivity contribution in [2.75, 3.05) is 0 Å². The number of hydrogen-bond donors (Lipinski definition) is 2. The van der Waals surface area contributed by atoms with Gasteiger partial charge in [0.25, 0.3) is 0 Å². The quantitative estimate of drug-likeness (QED) is 0.372. The molecule has 0 unspecified atom stereocenters. The van der Waals surface area contributed by atoms with Gasteiger partial charge in [-0.25, -0.2) is 0 Å². The van der Waals surface area contributed by atoms with Gasteiger partial charge in [0.2, 0.25) is 0 Å². The van der Waals surface area contributed by atoms with E-state index >= 15 is 0 Å². The zero-order chi connectivity index (χ0) is 4.50. The third-order valence-electron chi connectivity index (χ3n) is 0. The predicted molar refractivity (Wildman–Crippen MR) is 12.7 cm³/mol. The van der Waals surface area contributed by atoms with Gasteiger partial charge in [0, 0.05) is 0 Å². The summed E-state index contributed by atoms with van der Waals surface area (Å²) in [6.45, 7) is 0. The molecule has 0 aromatic rings. The summed E-state index contributed by atoms with van der Waals surface area (Å²) in [7, 11) is 0. The van der Waals surface area contributed by atoms with E-state index in [9.17, 15) is 0 Å². The van der Waals surface area contributed by atoms with Crippen molar-refractivity contribution >= 4 is 13.4 Å². The van der Waals surface area contributed by atoms with E-state index in [1.807, 2.05) is 0 Å². The summed E-state index contributed by atoms with van der Waals surface area (Å²) >= 11 is -5.25. The van der Waals surface area contributed by atoms with Crippen molar-refractivity contribution in [3.63, 3.8) is 0 Å². The largest absolute Gasteiger partial charge is 1.00 e. The van der Waals surface area contributed by atoms with Gasteiger partial charge in [-0.3, -0.25) is 0 Å². The maximum absolute atomic E-state index is 8.82. The first-order chi connectivity index (χ1) is 2.00. The van der Waals surface area contributed by atoms with Gasteiger partial charge in [0.05, 0.1) is 0 Å². The molecule has 0 saturated carbocycles. The molecule has 4 nitrogen and oxygen atoms in total. The topological polar surface area (TPSA) is 74.6 Å². The minimum absolute atomic E-state index is 0. The molecule has 0 aliphatic carbocycles. The van der Waals surface area contributed by atoms with Gasteiger partial charge >= 0.3 is 80.8 Å². The van der Waals surface area contributed by atoms with Gasteiger partial charge < -0.3 is 1.43 Å². The zero-order valence-corrected chi connectivity index (χ0v) is 7.96. The molecule has 2 N–H and O–H groups in total. The van der Waals surface area contributed by atoms with Crippen LogP contribution in [-0.4, -0.2) is 21.7 Å². The predicted octanol–water partition coefficient (Wildman–Crippen LogP) is -4.62. The second-order valence-corrected chi connectivity index (χ2v) is 2.33. The molecule has 0 bridgehead atoms. The van der Waals surface area contributed by atoms with Gasteiger partial charge in [-0.15, -0.1) is 0 Å². The van der Waals surface area contributed by atoms with E-state index in [1.54, 1.807) is 0 Å². The third-order valence-corrected chi connectivity index (χ3v) is 0. The number of hydrogen-bond acceptors (Lipinski definition) is 2.